The van der Waals surface area contributed by atoms with Crippen LogP contribution >= 0.6 is 0 Å². The fourth-order valence-electron chi connectivity index (χ4n) is 1.11. The Morgan fingerprint density at radius 3 is 2.82 bits per heavy atom. The third kappa shape index (κ3) is 2.11. The quantitative estimate of drug-likeness (QED) is 0.337. The molecule has 1 fully saturated rings. The van der Waals surface area contributed by atoms with Gasteiger partial charge in [-0.2, -0.15) is 0 Å². The van der Waals surface area contributed by atoms with Crippen molar-refractivity contribution in [2.75, 3.05) is 13.4 Å². The van der Waals surface area contributed by atoms with E-state index in [4.69, 9.17) is 14.7 Å². The molecule has 11 heavy (non-hydrogen) atoms. The zero-order valence-electron chi connectivity index (χ0n) is 6.27. The Morgan fingerprint density at radius 1 is 1.64 bits per heavy atom. The fourth-order valence-corrected chi connectivity index (χ4v) is 1.11. The molecule has 0 radical (unpaired) electrons. The largest absolute Gasteiger partial charge is 0.388 e. The Morgan fingerprint density at radius 2 is 2.36 bits per heavy atom. The van der Waals surface area contributed by atoms with Crippen LogP contribution in [0.2, 0.25) is 0 Å². The van der Waals surface area contributed by atoms with Crippen LogP contribution in [0.25, 0.3) is 0 Å². The Bertz CT molecular complexity index is 108. The van der Waals surface area contributed by atoms with Crippen LogP contribution in [0.4, 0.5) is 0 Å². The SMILES string of the molecule is C[C@H]1OCC(O)[C@H]1OCOO. The van der Waals surface area contributed by atoms with Crippen molar-refractivity contribution in [3.63, 3.8) is 0 Å². The normalized spacial score (nSPS) is 37.9. The third-order valence-electron chi connectivity index (χ3n) is 1.68. The van der Waals surface area contributed by atoms with Crippen molar-refractivity contribution in [3.05, 3.63) is 0 Å². The summed E-state index contributed by atoms with van der Waals surface area (Å²) in [5.41, 5.74) is 0. The van der Waals surface area contributed by atoms with Crippen LogP contribution in [0.15, 0.2) is 0 Å². The highest BCUT2D eigenvalue weighted by Gasteiger charge is 2.33. The summed E-state index contributed by atoms with van der Waals surface area (Å²) in [7, 11) is 0. The summed E-state index contributed by atoms with van der Waals surface area (Å²) in [6, 6.07) is 0. The highest BCUT2D eigenvalue weighted by Crippen LogP contribution is 2.16. The number of rotatable bonds is 3. The van der Waals surface area contributed by atoms with Crippen LogP contribution in [0, 0.1) is 0 Å². The molecule has 0 amide bonds. The van der Waals surface area contributed by atoms with Crippen molar-refractivity contribution in [1.82, 2.24) is 0 Å². The maximum absolute atomic E-state index is 9.20. The smallest absolute Gasteiger partial charge is 0.181 e. The van der Waals surface area contributed by atoms with Gasteiger partial charge in [-0.1, -0.05) is 0 Å². The van der Waals surface area contributed by atoms with Crippen molar-refractivity contribution in [3.8, 4) is 0 Å². The first kappa shape index (κ1) is 8.89. The first-order valence-electron chi connectivity index (χ1n) is 3.43. The highest BCUT2D eigenvalue weighted by atomic mass is 17.1. The van der Waals surface area contributed by atoms with E-state index in [1.165, 1.54) is 0 Å². The predicted octanol–water partition coefficient (Wildman–Crippen LogP) is -0.402. The Kier molecular flexibility index (Phi) is 3.22. The lowest BCUT2D eigenvalue weighted by molar-refractivity contribution is -0.308. The van der Waals surface area contributed by atoms with Gasteiger partial charge in [0, 0.05) is 0 Å². The molecule has 1 unspecified atom stereocenters. The number of aliphatic hydroxyl groups excluding tert-OH is 1. The maximum Gasteiger partial charge on any atom is 0.181 e. The standard InChI is InChI=1S/C6H12O5/c1-4-6(10-3-11-8)5(7)2-9-4/h4-8H,2-3H2,1H3/t4-,5?,6+/m1/s1. The van der Waals surface area contributed by atoms with Gasteiger partial charge in [-0.25, -0.2) is 10.1 Å². The fraction of sp³-hybridized carbons (Fsp3) is 1.00. The van der Waals surface area contributed by atoms with E-state index >= 15 is 0 Å². The van der Waals surface area contributed by atoms with E-state index in [0.717, 1.165) is 0 Å². The molecule has 2 N–H and O–H groups in total. The van der Waals surface area contributed by atoms with Gasteiger partial charge in [-0.05, 0) is 6.92 Å². The van der Waals surface area contributed by atoms with Crippen LogP contribution in [-0.4, -0.2) is 42.1 Å². The van der Waals surface area contributed by atoms with Crippen molar-refractivity contribution in [1.29, 1.82) is 0 Å². The minimum atomic E-state index is -0.625. The second kappa shape index (κ2) is 3.99. The molecule has 0 aromatic rings. The van der Waals surface area contributed by atoms with E-state index in [2.05, 4.69) is 4.89 Å². The molecule has 1 aliphatic rings. The van der Waals surface area contributed by atoms with Crippen molar-refractivity contribution >= 4 is 0 Å². The third-order valence-corrected chi connectivity index (χ3v) is 1.68. The molecule has 0 spiro atoms. The molecule has 5 heteroatoms. The second-order valence-electron chi connectivity index (χ2n) is 2.48. The first-order chi connectivity index (χ1) is 5.25. The average Bonchev–Trinajstić information content (AvgIpc) is 2.29. The maximum atomic E-state index is 9.20. The molecule has 5 nitrogen and oxygen atoms in total. The molecular formula is C6H12O5. The number of hydrogen-bond acceptors (Lipinski definition) is 5. The number of aliphatic hydroxyl groups is 1. The van der Waals surface area contributed by atoms with Crippen molar-refractivity contribution < 1.29 is 24.7 Å². The van der Waals surface area contributed by atoms with Crippen LogP contribution in [0.5, 0.6) is 0 Å². The van der Waals surface area contributed by atoms with E-state index in [1.807, 2.05) is 0 Å². The average molecular weight is 164 g/mol. The Labute approximate surface area is 64.4 Å². The number of ether oxygens (including phenoxy) is 2. The van der Waals surface area contributed by atoms with Crippen LogP contribution < -0.4 is 0 Å². The van der Waals surface area contributed by atoms with Crippen molar-refractivity contribution in [2.24, 2.45) is 0 Å². The lowest BCUT2D eigenvalue weighted by Gasteiger charge is -2.15. The van der Waals surface area contributed by atoms with E-state index < -0.39 is 12.2 Å². The van der Waals surface area contributed by atoms with Crippen LogP contribution in [-0.2, 0) is 14.4 Å². The summed E-state index contributed by atoms with van der Waals surface area (Å²) >= 11 is 0. The minimum Gasteiger partial charge on any atom is -0.388 e. The predicted molar refractivity (Wildman–Crippen MR) is 34.9 cm³/mol. The second-order valence-corrected chi connectivity index (χ2v) is 2.48. The zero-order valence-corrected chi connectivity index (χ0v) is 6.27. The summed E-state index contributed by atoms with van der Waals surface area (Å²) in [5, 5.41) is 17.2. The molecule has 1 saturated heterocycles. The molecule has 0 saturated carbocycles. The number of hydrogen-bond donors (Lipinski definition) is 2. The first-order valence-corrected chi connectivity index (χ1v) is 3.43. The molecule has 3 atom stereocenters. The van der Waals surface area contributed by atoms with Gasteiger partial charge in [0.15, 0.2) is 6.79 Å². The van der Waals surface area contributed by atoms with Crippen LogP contribution in [0.3, 0.4) is 0 Å². The van der Waals surface area contributed by atoms with E-state index in [9.17, 15) is 5.11 Å². The van der Waals surface area contributed by atoms with Crippen LogP contribution in [0.1, 0.15) is 6.92 Å². The minimum absolute atomic E-state index is 0.153. The van der Waals surface area contributed by atoms with Gasteiger partial charge in [-0.15, -0.1) is 0 Å². The molecule has 1 rings (SSSR count). The molecule has 1 aliphatic heterocycles. The topological polar surface area (TPSA) is 68.2 Å². The van der Waals surface area contributed by atoms with Gasteiger partial charge in [0.25, 0.3) is 0 Å². The van der Waals surface area contributed by atoms with Gasteiger partial charge in [0.05, 0.1) is 12.7 Å². The van der Waals surface area contributed by atoms with Gasteiger partial charge >= 0.3 is 0 Å². The monoisotopic (exact) mass is 164 g/mol. The molecule has 1 heterocycles. The Hall–Kier alpha value is -0.200. The van der Waals surface area contributed by atoms with Gasteiger partial charge in [-0.3, -0.25) is 0 Å². The van der Waals surface area contributed by atoms with E-state index in [1.54, 1.807) is 6.92 Å². The van der Waals surface area contributed by atoms with Gasteiger partial charge < -0.3 is 14.6 Å². The molecule has 66 valence electrons. The lowest BCUT2D eigenvalue weighted by Crippen LogP contribution is -2.32. The zero-order chi connectivity index (χ0) is 8.27. The lowest BCUT2D eigenvalue weighted by atomic mass is 10.2. The van der Waals surface area contributed by atoms with Crippen molar-refractivity contribution in [2.45, 2.75) is 25.2 Å². The Balaban J connectivity index is 2.29. The summed E-state index contributed by atoms with van der Waals surface area (Å²) < 4.78 is 9.99. The summed E-state index contributed by atoms with van der Waals surface area (Å²) in [5.74, 6) is 0. The summed E-state index contributed by atoms with van der Waals surface area (Å²) in [4.78, 5) is 3.71. The molecular weight excluding hydrogens is 152 g/mol. The summed E-state index contributed by atoms with van der Waals surface area (Å²) in [6.07, 6.45) is -1.18. The molecule has 0 aliphatic carbocycles. The van der Waals surface area contributed by atoms with E-state index in [0.29, 0.717) is 0 Å². The van der Waals surface area contributed by atoms with Gasteiger partial charge in [0.1, 0.15) is 12.2 Å². The summed E-state index contributed by atoms with van der Waals surface area (Å²) in [6.45, 7) is 1.82. The molecule has 0 aromatic carbocycles. The van der Waals surface area contributed by atoms with E-state index in [-0.39, 0.29) is 19.5 Å². The van der Waals surface area contributed by atoms with Gasteiger partial charge in [0.2, 0.25) is 0 Å². The molecule has 0 bridgehead atoms. The molecule has 0 aromatic heterocycles. The highest BCUT2D eigenvalue weighted by molar-refractivity contribution is 4.81.